The first-order chi connectivity index (χ1) is 13.5. The lowest BCUT2D eigenvalue weighted by Gasteiger charge is -2.24. The number of aliphatic imine (C=N–C) groups is 1. The van der Waals surface area contributed by atoms with Crippen molar-refractivity contribution in [1.29, 1.82) is 0 Å². The van der Waals surface area contributed by atoms with E-state index in [1.807, 2.05) is 6.92 Å². The molecule has 1 unspecified atom stereocenters. The van der Waals surface area contributed by atoms with Crippen molar-refractivity contribution in [2.24, 2.45) is 10.4 Å². The summed E-state index contributed by atoms with van der Waals surface area (Å²) in [4.78, 5) is 16.8. The van der Waals surface area contributed by atoms with Gasteiger partial charge in [-0.2, -0.15) is 0 Å². The van der Waals surface area contributed by atoms with E-state index in [-0.39, 0.29) is 17.9 Å². The minimum atomic E-state index is -0.215. The van der Waals surface area contributed by atoms with Crippen LogP contribution in [0, 0.1) is 5.41 Å². The van der Waals surface area contributed by atoms with Crippen molar-refractivity contribution in [3.63, 3.8) is 0 Å². The Morgan fingerprint density at radius 2 is 2.04 bits per heavy atom. The zero-order valence-corrected chi connectivity index (χ0v) is 17.6. The second-order valence-electron chi connectivity index (χ2n) is 6.78. The number of hydrogen-bond donors (Lipinski definition) is 4. The number of ether oxygens (including phenoxy) is 1. The van der Waals surface area contributed by atoms with E-state index in [2.05, 4.69) is 20.9 Å². The predicted octanol–water partition coefficient (Wildman–Crippen LogP) is 2.07. The molecule has 0 aromatic heterocycles. The molecule has 1 aliphatic heterocycles. The maximum Gasteiger partial charge on any atom is 0.251 e. The van der Waals surface area contributed by atoms with Gasteiger partial charge in [0.25, 0.3) is 5.91 Å². The van der Waals surface area contributed by atoms with Crippen molar-refractivity contribution in [2.45, 2.75) is 19.8 Å². The largest absolute Gasteiger partial charge is 0.396 e. The van der Waals surface area contributed by atoms with E-state index in [0.29, 0.717) is 60.8 Å². The van der Waals surface area contributed by atoms with Crippen LogP contribution in [0.1, 0.15) is 30.1 Å². The lowest BCUT2D eigenvalue weighted by molar-refractivity contribution is 0.0954. The molecule has 0 saturated carbocycles. The molecular formula is C19H28Cl2N4O3. The Morgan fingerprint density at radius 3 is 2.68 bits per heavy atom. The summed E-state index contributed by atoms with van der Waals surface area (Å²) < 4.78 is 5.50. The van der Waals surface area contributed by atoms with Gasteiger partial charge in [0.1, 0.15) is 0 Å². The Kier molecular flexibility index (Phi) is 9.31. The summed E-state index contributed by atoms with van der Waals surface area (Å²) in [6.45, 7) is 5.70. The molecule has 156 valence electrons. The predicted molar refractivity (Wildman–Crippen MR) is 112 cm³/mol. The number of guanidine groups is 1. The van der Waals surface area contributed by atoms with Gasteiger partial charge in [-0.05, 0) is 38.0 Å². The van der Waals surface area contributed by atoms with Gasteiger partial charge in [0.05, 0.1) is 23.2 Å². The van der Waals surface area contributed by atoms with Crippen LogP contribution >= 0.6 is 23.2 Å². The summed E-state index contributed by atoms with van der Waals surface area (Å²) in [6.07, 6.45) is 1.58. The number of amides is 1. The number of carbonyl (C=O) groups is 1. The number of aliphatic hydroxyl groups excluding tert-OH is 1. The van der Waals surface area contributed by atoms with Crippen LogP contribution in [0.4, 0.5) is 0 Å². The standard InChI is InChI=1S/C19H28Cl2N4O3/c1-2-22-18(25-12-19(5-9-26)6-10-28-13-19)24-8-7-23-17(27)14-3-4-15(20)16(21)11-14/h3-4,11,26H,2,5-10,12-13H2,1H3,(H,23,27)(H2,22,24,25). The van der Waals surface area contributed by atoms with E-state index >= 15 is 0 Å². The van der Waals surface area contributed by atoms with Crippen molar-refractivity contribution in [1.82, 2.24) is 16.0 Å². The van der Waals surface area contributed by atoms with Gasteiger partial charge in [0.2, 0.25) is 0 Å². The highest BCUT2D eigenvalue weighted by Gasteiger charge is 2.34. The molecule has 0 spiro atoms. The number of rotatable bonds is 9. The quantitative estimate of drug-likeness (QED) is 0.273. The molecule has 1 aliphatic rings. The minimum absolute atomic E-state index is 0.0980. The van der Waals surface area contributed by atoms with E-state index in [1.165, 1.54) is 0 Å². The number of carbonyl (C=O) groups excluding carboxylic acids is 1. The summed E-state index contributed by atoms with van der Waals surface area (Å²) in [6, 6.07) is 4.77. The van der Waals surface area contributed by atoms with Crippen LogP contribution in [0.25, 0.3) is 0 Å². The van der Waals surface area contributed by atoms with Crippen LogP contribution < -0.4 is 16.0 Å². The van der Waals surface area contributed by atoms with Crippen LogP contribution in [0.15, 0.2) is 23.2 Å². The topological polar surface area (TPSA) is 95.0 Å². The number of halogens is 2. The number of benzene rings is 1. The van der Waals surface area contributed by atoms with Crippen molar-refractivity contribution in [3.05, 3.63) is 33.8 Å². The third-order valence-corrected chi connectivity index (χ3v) is 5.37. The summed E-state index contributed by atoms with van der Waals surface area (Å²) in [5.41, 5.74) is 0.362. The molecule has 0 aliphatic carbocycles. The maximum atomic E-state index is 12.2. The van der Waals surface area contributed by atoms with Gasteiger partial charge in [-0.15, -0.1) is 0 Å². The van der Waals surface area contributed by atoms with Crippen molar-refractivity contribution in [3.8, 4) is 0 Å². The summed E-state index contributed by atoms with van der Waals surface area (Å²) in [5, 5.41) is 19.3. The Balaban J connectivity index is 1.82. The lowest BCUT2D eigenvalue weighted by atomic mass is 9.84. The van der Waals surface area contributed by atoms with Gasteiger partial charge >= 0.3 is 0 Å². The SMILES string of the molecule is CCNC(=NCC1(CCO)CCOC1)NCCNC(=O)c1ccc(Cl)c(Cl)c1. The monoisotopic (exact) mass is 430 g/mol. The Hall–Kier alpha value is -1.54. The molecule has 4 N–H and O–H groups in total. The average molecular weight is 431 g/mol. The second kappa shape index (κ2) is 11.5. The molecule has 0 bridgehead atoms. The second-order valence-corrected chi connectivity index (χ2v) is 7.60. The van der Waals surface area contributed by atoms with Gasteiger partial charge in [-0.25, -0.2) is 0 Å². The fourth-order valence-corrected chi connectivity index (χ4v) is 3.27. The van der Waals surface area contributed by atoms with E-state index in [0.717, 1.165) is 13.0 Å². The number of nitrogens with zero attached hydrogens (tertiary/aromatic N) is 1. The highest BCUT2D eigenvalue weighted by Crippen LogP contribution is 2.32. The Morgan fingerprint density at radius 1 is 1.25 bits per heavy atom. The van der Waals surface area contributed by atoms with E-state index < -0.39 is 0 Å². The van der Waals surface area contributed by atoms with Gasteiger partial charge in [0.15, 0.2) is 5.96 Å². The average Bonchev–Trinajstić information content (AvgIpc) is 3.14. The maximum absolute atomic E-state index is 12.2. The van der Waals surface area contributed by atoms with Crippen LogP contribution in [0.2, 0.25) is 10.0 Å². The van der Waals surface area contributed by atoms with Gasteiger partial charge in [-0.1, -0.05) is 23.2 Å². The molecule has 1 aromatic carbocycles. The third-order valence-electron chi connectivity index (χ3n) is 4.63. The molecule has 9 heteroatoms. The van der Waals surface area contributed by atoms with E-state index in [1.54, 1.807) is 18.2 Å². The van der Waals surface area contributed by atoms with E-state index in [9.17, 15) is 9.90 Å². The summed E-state index contributed by atoms with van der Waals surface area (Å²) in [5.74, 6) is 0.461. The molecule has 1 atom stereocenters. The number of aliphatic hydroxyl groups is 1. The first-order valence-electron chi connectivity index (χ1n) is 9.44. The molecule has 1 amide bonds. The van der Waals surface area contributed by atoms with E-state index in [4.69, 9.17) is 27.9 Å². The fraction of sp³-hybridized carbons (Fsp3) is 0.579. The first-order valence-corrected chi connectivity index (χ1v) is 10.2. The molecular weight excluding hydrogens is 403 g/mol. The van der Waals surface area contributed by atoms with Crippen molar-refractivity contribution < 1.29 is 14.6 Å². The Labute approximate surface area is 175 Å². The van der Waals surface area contributed by atoms with Crippen molar-refractivity contribution in [2.75, 3.05) is 46.0 Å². The van der Waals surface area contributed by atoms with Crippen LogP contribution in [-0.2, 0) is 4.74 Å². The Bertz CT molecular complexity index is 679. The third kappa shape index (κ3) is 6.81. The molecule has 1 fully saturated rings. The molecule has 28 heavy (non-hydrogen) atoms. The highest BCUT2D eigenvalue weighted by atomic mass is 35.5. The molecule has 1 saturated heterocycles. The van der Waals surface area contributed by atoms with Crippen LogP contribution in [-0.4, -0.2) is 63.0 Å². The van der Waals surface area contributed by atoms with Crippen molar-refractivity contribution >= 4 is 35.1 Å². The smallest absolute Gasteiger partial charge is 0.251 e. The lowest BCUT2D eigenvalue weighted by Crippen LogP contribution is -2.42. The summed E-state index contributed by atoms with van der Waals surface area (Å²) in [7, 11) is 0. The van der Waals surface area contributed by atoms with Crippen LogP contribution in [0.5, 0.6) is 0 Å². The zero-order chi connectivity index (χ0) is 20.4. The summed E-state index contributed by atoms with van der Waals surface area (Å²) >= 11 is 11.8. The molecule has 2 rings (SSSR count). The molecule has 1 heterocycles. The number of hydrogen-bond acceptors (Lipinski definition) is 4. The molecule has 1 aromatic rings. The van der Waals surface area contributed by atoms with Gasteiger partial charge in [-0.3, -0.25) is 9.79 Å². The highest BCUT2D eigenvalue weighted by molar-refractivity contribution is 6.42. The number of nitrogens with one attached hydrogen (secondary N) is 3. The molecule has 0 radical (unpaired) electrons. The minimum Gasteiger partial charge on any atom is -0.396 e. The normalized spacial score (nSPS) is 19.5. The first kappa shape index (κ1) is 22.7. The molecule has 7 nitrogen and oxygen atoms in total. The van der Waals surface area contributed by atoms with Gasteiger partial charge in [0, 0.05) is 43.8 Å². The fourth-order valence-electron chi connectivity index (χ4n) is 2.97. The zero-order valence-electron chi connectivity index (χ0n) is 16.1. The van der Waals surface area contributed by atoms with Crippen LogP contribution in [0.3, 0.4) is 0 Å². The van der Waals surface area contributed by atoms with Gasteiger partial charge < -0.3 is 25.8 Å².